The lowest BCUT2D eigenvalue weighted by atomic mass is 10.1. The molecule has 1 amide bonds. The second kappa shape index (κ2) is 9.37. The monoisotopic (exact) mass is 405 g/mol. The van der Waals surface area contributed by atoms with Crippen LogP contribution >= 0.6 is 0 Å². The first-order valence-electron chi connectivity index (χ1n) is 9.88. The third-order valence-corrected chi connectivity index (χ3v) is 4.86. The molecular weight excluding hydrogens is 382 g/mol. The van der Waals surface area contributed by atoms with Gasteiger partial charge in [-0.25, -0.2) is 0 Å². The van der Waals surface area contributed by atoms with Crippen LogP contribution in [0.4, 0.5) is 0 Å². The maximum Gasteiger partial charge on any atom is 0.251 e. The molecule has 2 heterocycles. The minimum Gasteiger partial charge on any atom is -0.493 e. The number of nitrogens with zero attached hydrogens (tertiary/aromatic N) is 2. The summed E-state index contributed by atoms with van der Waals surface area (Å²) in [4.78, 5) is 12.5. The molecule has 1 aliphatic heterocycles. The van der Waals surface area contributed by atoms with E-state index in [1.54, 1.807) is 37.4 Å². The summed E-state index contributed by atoms with van der Waals surface area (Å²) in [6.07, 6.45) is 2.14. The largest absolute Gasteiger partial charge is 0.493 e. The molecule has 0 saturated carbocycles. The smallest absolute Gasteiger partial charge is 0.251 e. The maximum absolute atomic E-state index is 12.5. The number of ether oxygens (including phenoxy) is 3. The van der Waals surface area contributed by atoms with Crippen molar-refractivity contribution in [2.75, 3.05) is 20.3 Å². The van der Waals surface area contributed by atoms with Crippen LogP contribution in [0.1, 0.15) is 23.2 Å². The van der Waals surface area contributed by atoms with Crippen molar-refractivity contribution in [2.24, 2.45) is 0 Å². The van der Waals surface area contributed by atoms with E-state index in [0.717, 1.165) is 25.0 Å². The summed E-state index contributed by atoms with van der Waals surface area (Å²) < 4.78 is 16.6. The van der Waals surface area contributed by atoms with Gasteiger partial charge in [0.15, 0.2) is 11.5 Å². The number of benzene rings is 2. The van der Waals surface area contributed by atoms with Crippen molar-refractivity contribution in [2.45, 2.75) is 18.9 Å². The van der Waals surface area contributed by atoms with Crippen LogP contribution in [0.5, 0.6) is 17.4 Å². The fourth-order valence-corrected chi connectivity index (χ4v) is 3.28. The highest BCUT2D eigenvalue weighted by Gasteiger charge is 2.17. The van der Waals surface area contributed by atoms with Gasteiger partial charge >= 0.3 is 0 Å². The molecule has 7 nitrogen and oxygen atoms in total. The number of para-hydroxylation sites is 2. The fourth-order valence-electron chi connectivity index (χ4n) is 3.28. The van der Waals surface area contributed by atoms with Crippen LogP contribution in [0.15, 0.2) is 60.7 Å². The number of hydrogen-bond acceptors (Lipinski definition) is 6. The molecule has 1 atom stereocenters. The molecule has 0 radical (unpaired) electrons. The third-order valence-electron chi connectivity index (χ3n) is 4.86. The third kappa shape index (κ3) is 4.75. The Bertz CT molecular complexity index is 1000. The summed E-state index contributed by atoms with van der Waals surface area (Å²) >= 11 is 0. The van der Waals surface area contributed by atoms with E-state index < -0.39 is 0 Å². The van der Waals surface area contributed by atoms with Gasteiger partial charge in [-0.15, -0.1) is 10.2 Å². The lowest BCUT2D eigenvalue weighted by Crippen LogP contribution is -2.31. The summed E-state index contributed by atoms with van der Waals surface area (Å²) in [5.74, 6) is 1.40. The summed E-state index contributed by atoms with van der Waals surface area (Å²) in [6, 6.07) is 18.2. The molecule has 30 heavy (non-hydrogen) atoms. The zero-order valence-corrected chi connectivity index (χ0v) is 16.7. The number of amides is 1. The Kier molecular flexibility index (Phi) is 6.20. The average Bonchev–Trinajstić information content (AvgIpc) is 3.32. The van der Waals surface area contributed by atoms with E-state index in [1.165, 1.54) is 0 Å². The van der Waals surface area contributed by atoms with Crippen molar-refractivity contribution in [3.05, 3.63) is 66.2 Å². The molecule has 7 heteroatoms. The van der Waals surface area contributed by atoms with E-state index in [1.807, 2.05) is 30.3 Å². The molecule has 0 spiro atoms. The Labute approximate surface area is 175 Å². The summed E-state index contributed by atoms with van der Waals surface area (Å²) in [6.45, 7) is 1.29. The van der Waals surface area contributed by atoms with Crippen LogP contribution in [0.3, 0.4) is 0 Å². The number of rotatable bonds is 7. The standard InChI is InChI=1S/C23H23N3O4/c1-28-20-9-2-3-10-21(20)30-22-12-11-19(25-26-22)16-6-4-7-17(14-16)23(27)24-15-18-8-5-13-29-18/h2-4,6-7,9-12,14,18H,5,8,13,15H2,1H3,(H,24,27). The van der Waals surface area contributed by atoms with Gasteiger partial charge < -0.3 is 19.5 Å². The van der Waals surface area contributed by atoms with E-state index >= 15 is 0 Å². The molecule has 154 valence electrons. The molecule has 4 rings (SSSR count). The summed E-state index contributed by atoms with van der Waals surface area (Å²) in [7, 11) is 1.58. The summed E-state index contributed by atoms with van der Waals surface area (Å²) in [5.41, 5.74) is 2.02. The van der Waals surface area contributed by atoms with Crippen molar-refractivity contribution in [3.8, 4) is 28.6 Å². The molecule has 0 bridgehead atoms. The van der Waals surface area contributed by atoms with Gasteiger partial charge in [-0.3, -0.25) is 4.79 Å². The Morgan fingerprint density at radius 1 is 1.10 bits per heavy atom. The van der Waals surface area contributed by atoms with Crippen LogP contribution in [0.2, 0.25) is 0 Å². The van der Waals surface area contributed by atoms with Gasteiger partial charge in [0.25, 0.3) is 5.91 Å². The van der Waals surface area contributed by atoms with Crippen LogP contribution in [0, 0.1) is 0 Å². The molecule has 1 N–H and O–H groups in total. The van der Waals surface area contributed by atoms with E-state index in [0.29, 0.717) is 35.2 Å². The zero-order valence-electron chi connectivity index (χ0n) is 16.7. The van der Waals surface area contributed by atoms with Gasteiger partial charge in [0.2, 0.25) is 5.88 Å². The Morgan fingerprint density at radius 2 is 1.97 bits per heavy atom. The average molecular weight is 405 g/mol. The van der Waals surface area contributed by atoms with E-state index in [9.17, 15) is 4.79 Å². The first kappa shape index (κ1) is 19.8. The van der Waals surface area contributed by atoms with Gasteiger partial charge in [0.1, 0.15) is 0 Å². The minimum atomic E-state index is -0.128. The molecule has 1 aromatic heterocycles. The molecule has 1 saturated heterocycles. The zero-order chi connectivity index (χ0) is 20.8. The number of aromatic nitrogens is 2. The number of nitrogens with one attached hydrogen (secondary N) is 1. The van der Waals surface area contributed by atoms with Crippen molar-refractivity contribution in [1.29, 1.82) is 0 Å². The van der Waals surface area contributed by atoms with Gasteiger partial charge in [-0.1, -0.05) is 24.3 Å². The molecule has 1 aliphatic rings. The first-order valence-corrected chi connectivity index (χ1v) is 9.88. The Morgan fingerprint density at radius 3 is 2.70 bits per heavy atom. The second-order valence-electron chi connectivity index (χ2n) is 6.94. The highest BCUT2D eigenvalue weighted by atomic mass is 16.5. The van der Waals surface area contributed by atoms with E-state index in [-0.39, 0.29) is 12.0 Å². The van der Waals surface area contributed by atoms with Crippen LogP contribution in [-0.2, 0) is 4.74 Å². The Balaban J connectivity index is 1.43. The molecular formula is C23H23N3O4. The molecule has 1 fully saturated rings. The minimum absolute atomic E-state index is 0.110. The predicted molar refractivity (Wildman–Crippen MR) is 112 cm³/mol. The summed E-state index contributed by atoms with van der Waals surface area (Å²) in [5, 5.41) is 11.3. The second-order valence-corrected chi connectivity index (χ2v) is 6.94. The number of hydrogen-bond donors (Lipinski definition) is 1. The number of carbonyl (C=O) groups excluding carboxylic acids is 1. The Hall–Kier alpha value is -3.45. The molecule has 3 aromatic rings. The molecule has 1 unspecified atom stereocenters. The SMILES string of the molecule is COc1ccccc1Oc1ccc(-c2cccc(C(=O)NCC3CCCO3)c2)nn1. The molecule has 0 aliphatic carbocycles. The molecule has 2 aromatic carbocycles. The van der Waals surface area contributed by atoms with E-state index in [4.69, 9.17) is 14.2 Å². The van der Waals surface area contributed by atoms with Gasteiger partial charge in [-0.2, -0.15) is 0 Å². The van der Waals surface area contributed by atoms with E-state index in [2.05, 4.69) is 15.5 Å². The normalized spacial score (nSPS) is 15.6. The lowest BCUT2D eigenvalue weighted by Gasteiger charge is -2.11. The van der Waals surface area contributed by atoms with Crippen molar-refractivity contribution in [3.63, 3.8) is 0 Å². The van der Waals surface area contributed by atoms with Gasteiger partial charge in [-0.05, 0) is 43.2 Å². The van der Waals surface area contributed by atoms with Crippen molar-refractivity contribution < 1.29 is 19.0 Å². The van der Waals surface area contributed by atoms with Crippen molar-refractivity contribution in [1.82, 2.24) is 15.5 Å². The number of carbonyl (C=O) groups is 1. The maximum atomic E-state index is 12.5. The fraction of sp³-hybridized carbons (Fsp3) is 0.261. The highest BCUT2D eigenvalue weighted by Crippen LogP contribution is 2.30. The highest BCUT2D eigenvalue weighted by molar-refractivity contribution is 5.95. The first-order chi connectivity index (χ1) is 14.7. The van der Waals surface area contributed by atoms with Gasteiger partial charge in [0, 0.05) is 30.3 Å². The predicted octanol–water partition coefficient (Wildman–Crippen LogP) is 3.85. The van der Waals surface area contributed by atoms with Crippen LogP contribution in [0.25, 0.3) is 11.3 Å². The lowest BCUT2D eigenvalue weighted by molar-refractivity contribution is 0.0858. The van der Waals surface area contributed by atoms with Gasteiger partial charge in [0.05, 0.1) is 18.9 Å². The van der Waals surface area contributed by atoms with Crippen LogP contribution < -0.4 is 14.8 Å². The van der Waals surface area contributed by atoms with Crippen molar-refractivity contribution >= 4 is 5.91 Å². The topological polar surface area (TPSA) is 82.6 Å². The van der Waals surface area contributed by atoms with Crippen LogP contribution in [-0.4, -0.2) is 42.5 Å². The number of methoxy groups -OCH3 is 1. The quantitative estimate of drug-likeness (QED) is 0.643.